The van der Waals surface area contributed by atoms with Gasteiger partial charge >= 0.3 is 0 Å². The standard InChI is InChI=1S/C15H15N7OS/c16-10-7-11(19-8-18-10)21-14-13-9(4-5-17-14)20-15(24-13)22-6-2-1-3-12(22)23/h4-5,7-8H,1-3,6H2,(H3,16,17,18,19,21). The van der Waals surface area contributed by atoms with Crippen molar-refractivity contribution < 1.29 is 4.79 Å². The summed E-state index contributed by atoms with van der Waals surface area (Å²) >= 11 is 1.45. The molecule has 0 bridgehead atoms. The van der Waals surface area contributed by atoms with Crippen molar-refractivity contribution >= 4 is 50.0 Å². The lowest BCUT2D eigenvalue weighted by Crippen LogP contribution is -2.34. The van der Waals surface area contributed by atoms with Gasteiger partial charge in [0.1, 0.15) is 18.0 Å². The van der Waals surface area contributed by atoms with Gasteiger partial charge in [-0.15, -0.1) is 0 Å². The van der Waals surface area contributed by atoms with Gasteiger partial charge in [0.25, 0.3) is 0 Å². The molecule has 0 spiro atoms. The normalized spacial score (nSPS) is 15.0. The zero-order chi connectivity index (χ0) is 16.5. The van der Waals surface area contributed by atoms with Crippen molar-refractivity contribution in [3.63, 3.8) is 0 Å². The van der Waals surface area contributed by atoms with Crippen LogP contribution in [0.2, 0.25) is 0 Å². The number of piperidine rings is 1. The van der Waals surface area contributed by atoms with Crippen molar-refractivity contribution in [2.45, 2.75) is 19.3 Å². The molecule has 1 saturated heterocycles. The van der Waals surface area contributed by atoms with Crippen LogP contribution >= 0.6 is 11.3 Å². The Morgan fingerprint density at radius 2 is 2.17 bits per heavy atom. The molecule has 0 atom stereocenters. The van der Waals surface area contributed by atoms with Crippen LogP contribution in [0.15, 0.2) is 24.7 Å². The van der Waals surface area contributed by atoms with E-state index in [0.717, 1.165) is 29.6 Å². The first-order chi connectivity index (χ1) is 11.7. The van der Waals surface area contributed by atoms with E-state index in [2.05, 4.69) is 25.3 Å². The topological polar surface area (TPSA) is 110 Å². The van der Waals surface area contributed by atoms with E-state index in [4.69, 9.17) is 5.73 Å². The second kappa shape index (κ2) is 6.00. The molecular formula is C15H15N7OS. The van der Waals surface area contributed by atoms with Gasteiger partial charge in [0.2, 0.25) is 5.91 Å². The van der Waals surface area contributed by atoms with Gasteiger partial charge < -0.3 is 11.1 Å². The fourth-order valence-corrected chi connectivity index (χ4v) is 3.67. The Bertz CT molecular complexity index is 910. The summed E-state index contributed by atoms with van der Waals surface area (Å²) in [7, 11) is 0. The highest BCUT2D eigenvalue weighted by atomic mass is 32.1. The molecule has 0 aliphatic carbocycles. The maximum atomic E-state index is 12.1. The summed E-state index contributed by atoms with van der Waals surface area (Å²) in [6, 6.07) is 3.47. The van der Waals surface area contributed by atoms with Crippen molar-refractivity contribution in [1.29, 1.82) is 0 Å². The van der Waals surface area contributed by atoms with E-state index in [1.54, 1.807) is 17.2 Å². The lowest BCUT2D eigenvalue weighted by Gasteiger charge is -2.23. The van der Waals surface area contributed by atoms with Crippen LogP contribution in [0.25, 0.3) is 10.2 Å². The minimum Gasteiger partial charge on any atom is -0.384 e. The van der Waals surface area contributed by atoms with Gasteiger partial charge in [-0.25, -0.2) is 19.9 Å². The maximum absolute atomic E-state index is 12.1. The number of nitrogens with zero attached hydrogens (tertiary/aromatic N) is 5. The molecule has 0 unspecified atom stereocenters. The molecule has 1 fully saturated rings. The van der Waals surface area contributed by atoms with Gasteiger partial charge in [-0.1, -0.05) is 11.3 Å². The Hall–Kier alpha value is -2.81. The number of carbonyl (C=O) groups is 1. The van der Waals surface area contributed by atoms with E-state index in [0.29, 0.717) is 29.0 Å². The quantitative estimate of drug-likeness (QED) is 0.752. The molecule has 24 heavy (non-hydrogen) atoms. The number of pyridine rings is 1. The number of carbonyl (C=O) groups excluding carboxylic acids is 1. The van der Waals surface area contributed by atoms with Crippen LogP contribution in [-0.4, -0.2) is 32.4 Å². The Labute approximate surface area is 141 Å². The molecule has 0 saturated carbocycles. The number of rotatable bonds is 3. The first-order valence-electron chi connectivity index (χ1n) is 7.61. The van der Waals surface area contributed by atoms with Gasteiger partial charge in [-0.3, -0.25) is 9.69 Å². The van der Waals surface area contributed by atoms with E-state index >= 15 is 0 Å². The van der Waals surface area contributed by atoms with Crippen molar-refractivity contribution in [3.05, 3.63) is 24.7 Å². The third-order valence-corrected chi connectivity index (χ3v) is 4.88. The number of fused-ring (bicyclic) bond motifs is 1. The van der Waals surface area contributed by atoms with E-state index in [1.165, 1.54) is 17.7 Å². The van der Waals surface area contributed by atoms with E-state index in [1.807, 2.05) is 6.07 Å². The molecule has 4 rings (SSSR count). The number of nitrogens with two attached hydrogens (primary N) is 1. The number of hydrogen-bond acceptors (Lipinski definition) is 8. The van der Waals surface area contributed by atoms with E-state index in [9.17, 15) is 4.79 Å². The predicted octanol–water partition coefficient (Wildman–Crippen LogP) is 2.32. The molecule has 1 aliphatic heterocycles. The third kappa shape index (κ3) is 2.73. The van der Waals surface area contributed by atoms with Crippen LogP contribution in [-0.2, 0) is 4.79 Å². The monoisotopic (exact) mass is 341 g/mol. The van der Waals surface area contributed by atoms with Gasteiger partial charge in [-0.2, -0.15) is 0 Å². The van der Waals surface area contributed by atoms with Crippen LogP contribution in [0.1, 0.15) is 19.3 Å². The first-order valence-corrected chi connectivity index (χ1v) is 8.43. The number of thiazole rings is 1. The summed E-state index contributed by atoms with van der Waals surface area (Å²) in [6.45, 7) is 0.720. The minimum absolute atomic E-state index is 0.131. The number of nitrogens with one attached hydrogen (secondary N) is 1. The highest BCUT2D eigenvalue weighted by molar-refractivity contribution is 7.23. The second-order valence-corrected chi connectivity index (χ2v) is 6.44. The number of nitrogen functional groups attached to an aromatic ring is 1. The molecule has 0 radical (unpaired) electrons. The molecule has 3 aromatic heterocycles. The first kappa shape index (κ1) is 14.8. The van der Waals surface area contributed by atoms with Crippen molar-refractivity contribution in [2.75, 3.05) is 22.5 Å². The summed E-state index contributed by atoms with van der Waals surface area (Å²) in [5.74, 6) is 1.71. The fourth-order valence-electron chi connectivity index (χ4n) is 2.62. The summed E-state index contributed by atoms with van der Waals surface area (Å²) in [4.78, 5) is 30.8. The Morgan fingerprint density at radius 3 is 3.00 bits per heavy atom. The second-order valence-electron chi connectivity index (χ2n) is 5.46. The largest absolute Gasteiger partial charge is 0.384 e. The Balaban J connectivity index is 1.70. The van der Waals surface area contributed by atoms with Crippen LogP contribution in [0.3, 0.4) is 0 Å². The van der Waals surface area contributed by atoms with E-state index < -0.39 is 0 Å². The lowest BCUT2D eigenvalue weighted by molar-refractivity contribution is -0.119. The molecule has 3 aromatic rings. The molecule has 0 aromatic carbocycles. The molecule has 1 amide bonds. The Kier molecular flexibility index (Phi) is 3.69. The zero-order valence-corrected chi connectivity index (χ0v) is 13.6. The van der Waals surface area contributed by atoms with Gasteiger partial charge in [0.15, 0.2) is 10.9 Å². The number of amides is 1. The summed E-state index contributed by atoms with van der Waals surface area (Å²) < 4.78 is 0.878. The predicted molar refractivity (Wildman–Crippen MR) is 93.3 cm³/mol. The van der Waals surface area contributed by atoms with Crippen LogP contribution in [0.4, 0.5) is 22.6 Å². The Morgan fingerprint density at radius 1 is 1.25 bits per heavy atom. The molecule has 9 heteroatoms. The average molecular weight is 341 g/mol. The maximum Gasteiger partial charge on any atom is 0.228 e. The summed E-state index contributed by atoms with van der Waals surface area (Å²) in [5, 5.41) is 3.86. The SMILES string of the molecule is Nc1cc(Nc2nccc3nc(N4CCCCC4=O)sc23)ncn1. The lowest BCUT2D eigenvalue weighted by atomic mass is 10.1. The zero-order valence-electron chi connectivity index (χ0n) is 12.8. The summed E-state index contributed by atoms with van der Waals surface area (Å²) in [6.07, 6.45) is 5.60. The van der Waals surface area contributed by atoms with Crippen LogP contribution in [0.5, 0.6) is 0 Å². The number of hydrogen-bond donors (Lipinski definition) is 2. The average Bonchev–Trinajstić information content (AvgIpc) is 3.00. The molecular weight excluding hydrogens is 326 g/mol. The van der Waals surface area contributed by atoms with E-state index in [-0.39, 0.29) is 5.91 Å². The van der Waals surface area contributed by atoms with Crippen molar-refractivity contribution in [1.82, 2.24) is 19.9 Å². The van der Waals surface area contributed by atoms with Crippen LogP contribution in [0, 0.1) is 0 Å². The highest BCUT2D eigenvalue weighted by Gasteiger charge is 2.23. The third-order valence-electron chi connectivity index (χ3n) is 3.78. The van der Waals surface area contributed by atoms with Crippen molar-refractivity contribution in [2.24, 2.45) is 0 Å². The van der Waals surface area contributed by atoms with Crippen LogP contribution < -0.4 is 16.0 Å². The minimum atomic E-state index is 0.131. The van der Waals surface area contributed by atoms with Crippen molar-refractivity contribution in [3.8, 4) is 0 Å². The van der Waals surface area contributed by atoms with Gasteiger partial charge in [0, 0.05) is 25.2 Å². The molecule has 4 heterocycles. The fraction of sp³-hybridized carbons (Fsp3) is 0.267. The number of anilines is 4. The highest BCUT2D eigenvalue weighted by Crippen LogP contribution is 2.35. The molecule has 3 N–H and O–H groups in total. The molecule has 122 valence electrons. The summed E-state index contributed by atoms with van der Waals surface area (Å²) in [5.41, 5.74) is 6.48. The molecule has 1 aliphatic rings. The number of aromatic nitrogens is 4. The smallest absolute Gasteiger partial charge is 0.228 e. The van der Waals surface area contributed by atoms with Gasteiger partial charge in [-0.05, 0) is 18.9 Å². The van der Waals surface area contributed by atoms with Gasteiger partial charge in [0.05, 0.1) is 10.2 Å². The molecule has 8 nitrogen and oxygen atoms in total.